The van der Waals surface area contributed by atoms with E-state index in [0.29, 0.717) is 31.0 Å². The number of rotatable bonds is 9. The maximum atomic E-state index is 12.6. The molecule has 7 nitrogen and oxygen atoms in total. The molecule has 1 aromatic heterocycles. The highest BCUT2D eigenvalue weighted by atomic mass is 32.2. The molecule has 0 bridgehead atoms. The highest BCUT2D eigenvalue weighted by molar-refractivity contribution is 7.99. The van der Waals surface area contributed by atoms with Crippen LogP contribution in [0.15, 0.2) is 59.8 Å². The van der Waals surface area contributed by atoms with E-state index < -0.39 is 5.54 Å². The van der Waals surface area contributed by atoms with E-state index in [1.807, 2.05) is 54.0 Å². The first-order chi connectivity index (χ1) is 16.1. The molecule has 0 saturated heterocycles. The summed E-state index contributed by atoms with van der Waals surface area (Å²) in [5.74, 6) is 1.60. The molecule has 4 rings (SSSR count). The Kier molecular flexibility index (Phi) is 7.30. The molecule has 3 aromatic rings. The largest absolute Gasteiger partial charge is 0.494 e. The van der Waals surface area contributed by atoms with Gasteiger partial charge in [0.15, 0.2) is 5.16 Å². The van der Waals surface area contributed by atoms with E-state index in [2.05, 4.69) is 33.7 Å². The van der Waals surface area contributed by atoms with Crippen LogP contribution in [-0.4, -0.2) is 38.6 Å². The van der Waals surface area contributed by atoms with Crippen LogP contribution in [0.4, 0.5) is 0 Å². The quantitative estimate of drug-likeness (QED) is 0.478. The number of aromatic nitrogens is 3. The molecule has 1 fully saturated rings. The zero-order valence-corrected chi connectivity index (χ0v) is 19.5. The maximum Gasteiger partial charge on any atom is 0.231 e. The van der Waals surface area contributed by atoms with Gasteiger partial charge in [0.05, 0.1) is 18.4 Å². The van der Waals surface area contributed by atoms with E-state index in [9.17, 15) is 10.1 Å². The molecule has 1 heterocycles. The lowest BCUT2D eigenvalue weighted by molar-refractivity contribution is -0.119. The number of thioether (sulfide) groups is 1. The van der Waals surface area contributed by atoms with Crippen LogP contribution in [0.3, 0.4) is 0 Å². The first kappa shape index (κ1) is 22.9. The second kappa shape index (κ2) is 10.5. The molecule has 1 amide bonds. The van der Waals surface area contributed by atoms with E-state index in [1.165, 1.54) is 11.8 Å². The highest BCUT2D eigenvalue weighted by Gasteiger charge is 2.35. The van der Waals surface area contributed by atoms with Gasteiger partial charge in [-0.05, 0) is 62.4 Å². The Morgan fingerprint density at radius 3 is 2.55 bits per heavy atom. The molecule has 0 aliphatic heterocycles. The van der Waals surface area contributed by atoms with Crippen LogP contribution < -0.4 is 10.1 Å². The molecule has 1 aliphatic carbocycles. The van der Waals surface area contributed by atoms with E-state index in [0.717, 1.165) is 35.7 Å². The zero-order chi connectivity index (χ0) is 23.1. The van der Waals surface area contributed by atoms with Crippen molar-refractivity contribution >= 4 is 17.7 Å². The number of benzene rings is 2. The number of hydrogen-bond acceptors (Lipinski definition) is 6. The second-order valence-corrected chi connectivity index (χ2v) is 9.00. The number of amides is 1. The fourth-order valence-corrected chi connectivity index (χ4v) is 4.85. The molecule has 1 saturated carbocycles. The number of nitrogens with zero attached hydrogens (tertiary/aromatic N) is 4. The molecule has 1 aliphatic rings. The van der Waals surface area contributed by atoms with Crippen LogP contribution in [0.2, 0.25) is 0 Å². The lowest BCUT2D eigenvalue weighted by atomic mass is 10.0. The van der Waals surface area contributed by atoms with Gasteiger partial charge in [0.2, 0.25) is 5.91 Å². The molecule has 33 heavy (non-hydrogen) atoms. The normalized spacial score (nSPS) is 14.5. The lowest BCUT2D eigenvalue weighted by Gasteiger charge is -2.21. The average Bonchev–Trinajstić information content (AvgIpc) is 3.47. The van der Waals surface area contributed by atoms with Gasteiger partial charge in [0.1, 0.15) is 17.1 Å². The van der Waals surface area contributed by atoms with Gasteiger partial charge in [0, 0.05) is 12.1 Å². The smallest absolute Gasteiger partial charge is 0.231 e. The van der Waals surface area contributed by atoms with E-state index in [4.69, 9.17) is 4.74 Å². The Morgan fingerprint density at radius 1 is 1.15 bits per heavy atom. The van der Waals surface area contributed by atoms with E-state index >= 15 is 0 Å². The van der Waals surface area contributed by atoms with Crippen molar-refractivity contribution in [3.05, 3.63) is 66.0 Å². The first-order valence-corrected chi connectivity index (χ1v) is 12.2. The van der Waals surface area contributed by atoms with Gasteiger partial charge in [-0.3, -0.25) is 9.36 Å². The standard InChI is InChI=1S/C25H27N5O2S/c1-2-32-21-12-10-20(11-13-21)30-22(16-19-8-4-3-5-9-19)28-29-24(30)33-17-23(31)27-25(18-26)14-6-7-15-25/h3-5,8-13H,2,6-7,14-17H2,1H3,(H,27,31). The molecule has 0 radical (unpaired) electrons. The number of nitrogens with one attached hydrogen (secondary N) is 1. The molecule has 8 heteroatoms. The van der Waals surface area contributed by atoms with Crippen molar-refractivity contribution in [3.8, 4) is 17.5 Å². The van der Waals surface area contributed by atoms with Crippen LogP contribution >= 0.6 is 11.8 Å². The number of ether oxygens (including phenoxy) is 1. The summed E-state index contributed by atoms with van der Waals surface area (Å²) < 4.78 is 7.55. The molecular formula is C25H27N5O2S. The molecule has 0 unspecified atom stereocenters. The predicted molar refractivity (Wildman–Crippen MR) is 127 cm³/mol. The van der Waals surface area contributed by atoms with E-state index in [-0.39, 0.29) is 11.7 Å². The molecule has 0 atom stereocenters. The summed E-state index contributed by atoms with van der Waals surface area (Å²) in [5.41, 5.74) is 1.31. The third-order valence-electron chi connectivity index (χ3n) is 5.69. The van der Waals surface area contributed by atoms with Crippen molar-refractivity contribution in [3.63, 3.8) is 0 Å². The SMILES string of the molecule is CCOc1ccc(-n2c(Cc3ccccc3)nnc2SCC(=O)NC2(C#N)CCCC2)cc1. The fraction of sp³-hybridized carbons (Fsp3) is 0.360. The van der Waals surface area contributed by atoms with Crippen LogP contribution in [0.5, 0.6) is 5.75 Å². The van der Waals surface area contributed by atoms with Crippen LogP contribution in [0.1, 0.15) is 44.0 Å². The van der Waals surface area contributed by atoms with Crippen LogP contribution in [0, 0.1) is 11.3 Å². The number of carbonyl (C=O) groups excluding carboxylic acids is 1. The summed E-state index contributed by atoms with van der Waals surface area (Å²) in [6.07, 6.45) is 3.98. The summed E-state index contributed by atoms with van der Waals surface area (Å²) >= 11 is 1.33. The summed E-state index contributed by atoms with van der Waals surface area (Å²) in [4.78, 5) is 12.6. The fourth-order valence-electron chi connectivity index (χ4n) is 4.08. The number of nitriles is 1. The lowest BCUT2D eigenvalue weighted by Crippen LogP contribution is -2.45. The summed E-state index contributed by atoms with van der Waals surface area (Å²) in [6, 6.07) is 20.2. The maximum absolute atomic E-state index is 12.6. The summed E-state index contributed by atoms with van der Waals surface area (Å²) in [7, 11) is 0. The molecule has 1 N–H and O–H groups in total. The number of carbonyl (C=O) groups is 1. The summed E-state index contributed by atoms with van der Waals surface area (Å²) in [6.45, 7) is 2.55. The third-order valence-corrected chi connectivity index (χ3v) is 6.62. The van der Waals surface area contributed by atoms with E-state index in [1.54, 1.807) is 0 Å². The van der Waals surface area contributed by atoms with Crippen molar-refractivity contribution in [2.45, 2.75) is 49.7 Å². The highest BCUT2D eigenvalue weighted by Crippen LogP contribution is 2.30. The Balaban J connectivity index is 1.55. The third kappa shape index (κ3) is 5.55. The van der Waals surface area contributed by atoms with Crippen molar-refractivity contribution in [2.75, 3.05) is 12.4 Å². The topological polar surface area (TPSA) is 92.8 Å². The first-order valence-electron chi connectivity index (χ1n) is 11.2. The Morgan fingerprint density at radius 2 is 1.88 bits per heavy atom. The van der Waals surface area contributed by atoms with Gasteiger partial charge in [-0.1, -0.05) is 42.1 Å². The zero-order valence-electron chi connectivity index (χ0n) is 18.7. The second-order valence-electron chi connectivity index (χ2n) is 8.06. The van der Waals surface area contributed by atoms with Crippen molar-refractivity contribution in [1.82, 2.24) is 20.1 Å². The van der Waals surface area contributed by atoms with Crippen LogP contribution in [0.25, 0.3) is 5.69 Å². The monoisotopic (exact) mass is 461 g/mol. The molecule has 2 aromatic carbocycles. The minimum absolute atomic E-state index is 0.158. The Bertz CT molecular complexity index is 1120. The Labute approximate surface area is 198 Å². The summed E-state index contributed by atoms with van der Waals surface area (Å²) in [5, 5.41) is 21.9. The molecule has 0 spiro atoms. The minimum atomic E-state index is -0.723. The van der Waals surface area contributed by atoms with Crippen molar-refractivity contribution < 1.29 is 9.53 Å². The van der Waals surface area contributed by atoms with Gasteiger partial charge in [0.25, 0.3) is 0 Å². The van der Waals surface area contributed by atoms with Crippen molar-refractivity contribution in [1.29, 1.82) is 5.26 Å². The van der Waals surface area contributed by atoms with Gasteiger partial charge in [-0.2, -0.15) is 5.26 Å². The van der Waals surface area contributed by atoms with Crippen LogP contribution in [-0.2, 0) is 11.2 Å². The minimum Gasteiger partial charge on any atom is -0.494 e. The van der Waals surface area contributed by atoms with Gasteiger partial charge < -0.3 is 10.1 Å². The predicted octanol–water partition coefficient (Wildman–Crippen LogP) is 4.30. The number of hydrogen-bond donors (Lipinski definition) is 1. The Hall–Kier alpha value is -3.31. The van der Waals surface area contributed by atoms with Gasteiger partial charge in [-0.15, -0.1) is 10.2 Å². The van der Waals surface area contributed by atoms with Gasteiger partial charge in [-0.25, -0.2) is 0 Å². The van der Waals surface area contributed by atoms with Gasteiger partial charge >= 0.3 is 0 Å². The average molecular weight is 462 g/mol. The van der Waals surface area contributed by atoms with Crippen molar-refractivity contribution in [2.24, 2.45) is 0 Å². The molecular weight excluding hydrogens is 434 g/mol. The molecule has 170 valence electrons.